The van der Waals surface area contributed by atoms with Crippen LogP contribution in [0.2, 0.25) is 0 Å². The van der Waals surface area contributed by atoms with Gasteiger partial charge in [-0.2, -0.15) is 0 Å². The smallest absolute Gasteiger partial charge is 0.0962 e. The molecule has 1 heterocycles. The molecule has 0 bridgehead atoms. The maximum absolute atomic E-state index is 5.43. The van der Waals surface area contributed by atoms with Crippen LogP contribution >= 0.6 is 0 Å². The first-order chi connectivity index (χ1) is 5.81. The summed E-state index contributed by atoms with van der Waals surface area (Å²) < 4.78 is 1.90. The second kappa shape index (κ2) is 4.21. The highest BCUT2D eigenvalue weighted by Gasteiger charge is 2.07. The molecule has 0 unspecified atom stereocenters. The average Bonchev–Trinajstić information content (AvgIpc) is 2.55. The molecule has 4 heteroatoms. The fourth-order valence-electron chi connectivity index (χ4n) is 1.25. The molecule has 0 aliphatic rings. The number of aromatic nitrogens is 3. The minimum absolute atomic E-state index is 0.470. The first kappa shape index (κ1) is 9.19. The molecule has 0 saturated carbocycles. The number of nitrogens with zero attached hydrogens (tertiary/aromatic N) is 3. The molecule has 12 heavy (non-hydrogen) atoms. The highest BCUT2D eigenvalue weighted by molar-refractivity contribution is 4.91. The van der Waals surface area contributed by atoms with Crippen LogP contribution in [0.3, 0.4) is 0 Å². The van der Waals surface area contributed by atoms with Gasteiger partial charge in [-0.15, -0.1) is 5.10 Å². The Balaban J connectivity index is 2.72. The van der Waals surface area contributed by atoms with E-state index in [1.165, 1.54) is 0 Å². The van der Waals surface area contributed by atoms with E-state index in [4.69, 9.17) is 5.73 Å². The molecule has 0 radical (unpaired) electrons. The Labute approximate surface area is 72.8 Å². The monoisotopic (exact) mass is 168 g/mol. The molecule has 0 atom stereocenters. The Morgan fingerprint density at radius 2 is 2.17 bits per heavy atom. The third-order valence-electron chi connectivity index (χ3n) is 2.08. The topological polar surface area (TPSA) is 56.7 Å². The van der Waals surface area contributed by atoms with E-state index in [9.17, 15) is 0 Å². The van der Waals surface area contributed by atoms with E-state index in [2.05, 4.69) is 24.2 Å². The summed E-state index contributed by atoms with van der Waals surface area (Å²) in [5, 5.41) is 7.96. The van der Waals surface area contributed by atoms with Crippen LogP contribution in [0, 0.1) is 0 Å². The summed E-state index contributed by atoms with van der Waals surface area (Å²) in [7, 11) is 0. The van der Waals surface area contributed by atoms with Crippen LogP contribution in [0.25, 0.3) is 0 Å². The van der Waals surface area contributed by atoms with Gasteiger partial charge in [-0.3, -0.25) is 0 Å². The molecule has 2 N–H and O–H groups in total. The molecule has 1 rings (SSSR count). The molecule has 0 aliphatic carbocycles. The van der Waals surface area contributed by atoms with Crippen molar-refractivity contribution in [3.05, 3.63) is 11.9 Å². The first-order valence-electron chi connectivity index (χ1n) is 4.42. The average molecular weight is 168 g/mol. The van der Waals surface area contributed by atoms with Gasteiger partial charge in [-0.1, -0.05) is 19.1 Å². The van der Waals surface area contributed by atoms with Gasteiger partial charge < -0.3 is 5.73 Å². The maximum atomic E-state index is 5.43. The van der Waals surface area contributed by atoms with Crippen LogP contribution in [0.15, 0.2) is 6.20 Å². The van der Waals surface area contributed by atoms with Crippen molar-refractivity contribution in [2.75, 3.05) is 0 Å². The Morgan fingerprint density at radius 3 is 2.58 bits per heavy atom. The van der Waals surface area contributed by atoms with E-state index >= 15 is 0 Å². The van der Waals surface area contributed by atoms with Crippen molar-refractivity contribution < 1.29 is 0 Å². The molecular formula is C8H16N4. The van der Waals surface area contributed by atoms with Crippen molar-refractivity contribution in [2.24, 2.45) is 5.73 Å². The van der Waals surface area contributed by atoms with Gasteiger partial charge >= 0.3 is 0 Å². The van der Waals surface area contributed by atoms with E-state index in [0.29, 0.717) is 12.6 Å². The van der Waals surface area contributed by atoms with E-state index in [1.807, 2.05) is 10.9 Å². The van der Waals surface area contributed by atoms with Crippen molar-refractivity contribution in [2.45, 2.75) is 39.3 Å². The lowest BCUT2D eigenvalue weighted by molar-refractivity contribution is 0.418. The largest absolute Gasteiger partial charge is 0.325 e. The van der Waals surface area contributed by atoms with Gasteiger partial charge in [-0.05, 0) is 12.8 Å². The highest BCUT2D eigenvalue weighted by Crippen LogP contribution is 2.13. The van der Waals surface area contributed by atoms with Crippen molar-refractivity contribution >= 4 is 0 Å². The highest BCUT2D eigenvalue weighted by atomic mass is 15.4. The zero-order valence-corrected chi connectivity index (χ0v) is 7.70. The number of hydrogen-bond acceptors (Lipinski definition) is 3. The molecule has 0 aromatic carbocycles. The van der Waals surface area contributed by atoms with E-state index in [1.54, 1.807) is 0 Å². The molecule has 4 nitrogen and oxygen atoms in total. The van der Waals surface area contributed by atoms with Gasteiger partial charge in [0.15, 0.2) is 0 Å². The van der Waals surface area contributed by atoms with Crippen LogP contribution in [-0.2, 0) is 6.54 Å². The van der Waals surface area contributed by atoms with Crippen LogP contribution in [0.1, 0.15) is 38.4 Å². The van der Waals surface area contributed by atoms with Gasteiger partial charge in [0.25, 0.3) is 0 Å². The minimum atomic E-state index is 0.470. The summed E-state index contributed by atoms with van der Waals surface area (Å²) in [4.78, 5) is 0. The second-order valence-corrected chi connectivity index (χ2v) is 2.86. The molecule has 1 aromatic rings. The van der Waals surface area contributed by atoms with Crippen LogP contribution < -0.4 is 5.73 Å². The van der Waals surface area contributed by atoms with E-state index in [-0.39, 0.29) is 0 Å². The summed E-state index contributed by atoms with van der Waals surface area (Å²) in [6.07, 6.45) is 4.10. The molecule has 0 spiro atoms. The minimum Gasteiger partial charge on any atom is -0.325 e. The standard InChI is InChI=1S/C8H16N4/c1-3-8(4-2)12-6-7(5-9)10-11-12/h6,8H,3-5,9H2,1-2H3. The van der Waals surface area contributed by atoms with Crippen molar-refractivity contribution in [3.8, 4) is 0 Å². The number of hydrogen-bond donors (Lipinski definition) is 1. The Kier molecular flexibility index (Phi) is 3.22. The van der Waals surface area contributed by atoms with Crippen LogP contribution in [-0.4, -0.2) is 15.0 Å². The van der Waals surface area contributed by atoms with Crippen molar-refractivity contribution in [1.82, 2.24) is 15.0 Å². The molecule has 68 valence electrons. The lowest BCUT2D eigenvalue weighted by Gasteiger charge is -2.10. The zero-order valence-electron chi connectivity index (χ0n) is 7.70. The molecule has 1 aromatic heterocycles. The molecule has 0 fully saturated rings. The third kappa shape index (κ3) is 1.82. The first-order valence-corrected chi connectivity index (χ1v) is 4.42. The van der Waals surface area contributed by atoms with Crippen molar-refractivity contribution in [1.29, 1.82) is 0 Å². The quantitative estimate of drug-likeness (QED) is 0.732. The second-order valence-electron chi connectivity index (χ2n) is 2.86. The summed E-state index contributed by atoms with van der Waals surface area (Å²) in [5.74, 6) is 0. The van der Waals surface area contributed by atoms with E-state index < -0.39 is 0 Å². The summed E-state index contributed by atoms with van der Waals surface area (Å²) >= 11 is 0. The normalized spacial score (nSPS) is 11.0. The lowest BCUT2D eigenvalue weighted by Crippen LogP contribution is -2.07. The lowest BCUT2D eigenvalue weighted by atomic mass is 10.2. The van der Waals surface area contributed by atoms with Gasteiger partial charge in [-0.25, -0.2) is 4.68 Å². The molecular weight excluding hydrogens is 152 g/mol. The third-order valence-corrected chi connectivity index (χ3v) is 2.08. The fraction of sp³-hybridized carbons (Fsp3) is 0.750. The van der Waals surface area contributed by atoms with Crippen LogP contribution in [0.5, 0.6) is 0 Å². The SMILES string of the molecule is CCC(CC)n1cc(CN)nn1. The van der Waals surface area contributed by atoms with Crippen molar-refractivity contribution in [3.63, 3.8) is 0 Å². The van der Waals surface area contributed by atoms with Gasteiger partial charge in [0.05, 0.1) is 17.9 Å². The summed E-state index contributed by atoms with van der Waals surface area (Å²) in [5.41, 5.74) is 6.29. The van der Waals surface area contributed by atoms with Gasteiger partial charge in [0.2, 0.25) is 0 Å². The molecule has 0 amide bonds. The predicted octanol–water partition coefficient (Wildman–Crippen LogP) is 1.10. The van der Waals surface area contributed by atoms with E-state index in [0.717, 1.165) is 18.5 Å². The Morgan fingerprint density at radius 1 is 1.50 bits per heavy atom. The number of nitrogens with two attached hydrogens (primary N) is 1. The Bertz CT molecular complexity index is 227. The van der Waals surface area contributed by atoms with Gasteiger partial charge in [0, 0.05) is 6.54 Å². The number of rotatable bonds is 4. The zero-order chi connectivity index (χ0) is 8.97. The summed E-state index contributed by atoms with van der Waals surface area (Å²) in [6.45, 7) is 4.77. The van der Waals surface area contributed by atoms with Gasteiger partial charge in [0.1, 0.15) is 0 Å². The van der Waals surface area contributed by atoms with Crippen LogP contribution in [0.4, 0.5) is 0 Å². The fourth-order valence-corrected chi connectivity index (χ4v) is 1.25. The molecule has 0 saturated heterocycles. The Hall–Kier alpha value is -0.900. The molecule has 0 aliphatic heterocycles. The predicted molar refractivity (Wildman–Crippen MR) is 47.5 cm³/mol. The summed E-state index contributed by atoms with van der Waals surface area (Å²) in [6, 6.07) is 0.470. The maximum Gasteiger partial charge on any atom is 0.0962 e.